The fraction of sp³-hybridized carbons (Fsp3) is 0.143. The number of ketones is 1. The van der Waals surface area contributed by atoms with Crippen molar-refractivity contribution in [2.75, 3.05) is 17.7 Å². The third kappa shape index (κ3) is 4.70. The summed E-state index contributed by atoms with van der Waals surface area (Å²) in [5.41, 5.74) is 3.34. The molecule has 2 aromatic carbocycles. The zero-order valence-corrected chi connectivity index (χ0v) is 15.8. The summed E-state index contributed by atoms with van der Waals surface area (Å²) in [5.74, 6) is 0.609. The average Bonchev–Trinajstić information content (AvgIpc) is 2.67. The maximum atomic E-state index is 11.7. The number of nitrogens with zero attached hydrogens (tertiary/aromatic N) is 2. The Bertz CT molecular complexity index is 1020. The predicted octanol–water partition coefficient (Wildman–Crippen LogP) is 4.26. The highest BCUT2D eigenvalue weighted by molar-refractivity contribution is 5.94. The maximum Gasteiger partial charge on any atom is 0.337 e. The Labute approximate surface area is 162 Å². The van der Waals surface area contributed by atoms with Crippen LogP contribution in [0, 0.1) is 6.92 Å². The van der Waals surface area contributed by atoms with Crippen LogP contribution in [0.15, 0.2) is 54.6 Å². The third-order valence-electron chi connectivity index (χ3n) is 3.96. The van der Waals surface area contributed by atoms with Crippen molar-refractivity contribution < 1.29 is 14.3 Å². The van der Waals surface area contributed by atoms with Gasteiger partial charge in [0.1, 0.15) is 5.82 Å². The first-order chi connectivity index (χ1) is 13.4. The number of nitrogens with one attached hydrogen (secondary N) is 2. The number of aryl methyl sites for hydroxylation is 1. The van der Waals surface area contributed by atoms with E-state index in [-0.39, 0.29) is 5.78 Å². The zero-order chi connectivity index (χ0) is 20.1. The summed E-state index contributed by atoms with van der Waals surface area (Å²) in [7, 11) is 1.34. The Hall–Kier alpha value is -3.74. The first kappa shape index (κ1) is 19.0. The Kier molecular flexibility index (Phi) is 5.64. The fourth-order valence-corrected chi connectivity index (χ4v) is 2.60. The van der Waals surface area contributed by atoms with Crippen LogP contribution in [0.1, 0.15) is 33.3 Å². The van der Waals surface area contributed by atoms with E-state index in [2.05, 4.69) is 20.6 Å². The van der Waals surface area contributed by atoms with Gasteiger partial charge in [0.25, 0.3) is 0 Å². The van der Waals surface area contributed by atoms with Gasteiger partial charge in [-0.3, -0.25) is 4.79 Å². The molecular formula is C21H20N4O3. The second kappa shape index (κ2) is 8.30. The van der Waals surface area contributed by atoms with E-state index in [0.717, 1.165) is 11.4 Å². The minimum atomic E-state index is -0.404. The van der Waals surface area contributed by atoms with Gasteiger partial charge in [0, 0.05) is 28.7 Å². The number of benzene rings is 2. The van der Waals surface area contributed by atoms with Crippen LogP contribution in [-0.2, 0) is 4.74 Å². The molecule has 1 aromatic heterocycles. The smallest absolute Gasteiger partial charge is 0.337 e. The summed E-state index contributed by atoms with van der Waals surface area (Å²) in [6, 6.07) is 15.9. The summed E-state index contributed by atoms with van der Waals surface area (Å²) < 4.78 is 4.75. The standard InChI is InChI=1S/C21H20N4O3/c1-13-11-19(23-18-6-4-5-16(12-18)20(27)28-3)25-21(22-13)24-17-9-7-15(8-10-17)14(2)26/h4-12H,1-3H3,(H2,22,23,24,25). The molecule has 0 saturated carbocycles. The van der Waals surface area contributed by atoms with Crippen molar-refractivity contribution in [3.8, 4) is 0 Å². The molecule has 0 saturated heterocycles. The Morgan fingerprint density at radius 1 is 0.893 bits per heavy atom. The second-order valence-corrected chi connectivity index (χ2v) is 6.17. The summed E-state index contributed by atoms with van der Waals surface area (Å²) in [4.78, 5) is 31.9. The summed E-state index contributed by atoms with van der Waals surface area (Å²) in [6.45, 7) is 3.39. The molecule has 7 nitrogen and oxygen atoms in total. The Balaban J connectivity index is 1.80. The molecule has 0 fully saturated rings. The van der Waals surface area contributed by atoms with E-state index in [9.17, 15) is 9.59 Å². The van der Waals surface area contributed by atoms with Gasteiger partial charge in [-0.1, -0.05) is 6.07 Å². The van der Waals surface area contributed by atoms with Crippen molar-refractivity contribution in [2.24, 2.45) is 0 Å². The van der Waals surface area contributed by atoms with Crippen LogP contribution in [0.4, 0.5) is 23.1 Å². The van der Waals surface area contributed by atoms with Crippen LogP contribution in [0.2, 0.25) is 0 Å². The molecule has 0 bridgehead atoms. The highest BCUT2D eigenvalue weighted by atomic mass is 16.5. The van der Waals surface area contributed by atoms with Crippen LogP contribution >= 0.6 is 0 Å². The molecule has 0 aliphatic heterocycles. The normalized spacial score (nSPS) is 10.2. The number of methoxy groups -OCH3 is 1. The predicted molar refractivity (Wildman–Crippen MR) is 108 cm³/mol. The zero-order valence-electron chi connectivity index (χ0n) is 15.8. The molecule has 0 unspecified atom stereocenters. The second-order valence-electron chi connectivity index (χ2n) is 6.17. The van der Waals surface area contributed by atoms with E-state index in [1.165, 1.54) is 14.0 Å². The lowest BCUT2D eigenvalue weighted by Gasteiger charge is -2.11. The number of Topliss-reactive ketones (excluding diaryl/α,β-unsaturated/α-hetero) is 1. The molecule has 0 atom stereocenters. The highest BCUT2D eigenvalue weighted by Crippen LogP contribution is 2.20. The molecule has 2 N–H and O–H groups in total. The first-order valence-corrected chi connectivity index (χ1v) is 8.64. The number of carbonyl (C=O) groups is 2. The molecule has 0 radical (unpaired) electrons. The van der Waals surface area contributed by atoms with Crippen LogP contribution in [0.5, 0.6) is 0 Å². The third-order valence-corrected chi connectivity index (χ3v) is 3.96. The maximum absolute atomic E-state index is 11.7. The van der Waals surface area contributed by atoms with E-state index >= 15 is 0 Å². The van der Waals surface area contributed by atoms with Crippen molar-refractivity contribution in [3.63, 3.8) is 0 Å². The van der Waals surface area contributed by atoms with Crippen molar-refractivity contribution in [3.05, 3.63) is 71.4 Å². The molecule has 3 rings (SSSR count). The molecule has 3 aromatic rings. The average molecular weight is 376 g/mol. The van der Waals surface area contributed by atoms with Crippen LogP contribution in [0.3, 0.4) is 0 Å². The molecule has 142 valence electrons. The lowest BCUT2D eigenvalue weighted by molar-refractivity contribution is 0.0600. The SMILES string of the molecule is COC(=O)c1cccc(Nc2cc(C)nc(Nc3ccc(C(C)=O)cc3)n2)c1. The topological polar surface area (TPSA) is 93.2 Å². The number of carbonyl (C=O) groups excluding carboxylic acids is 2. The molecule has 7 heteroatoms. The molecule has 0 amide bonds. The van der Waals surface area contributed by atoms with Gasteiger partial charge in [0.05, 0.1) is 12.7 Å². The largest absolute Gasteiger partial charge is 0.465 e. The Morgan fingerprint density at radius 3 is 2.32 bits per heavy atom. The van der Waals surface area contributed by atoms with Crippen LogP contribution in [-0.4, -0.2) is 28.8 Å². The van der Waals surface area contributed by atoms with Gasteiger partial charge < -0.3 is 15.4 Å². The molecule has 1 heterocycles. The number of hydrogen-bond donors (Lipinski definition) is 2. The number of hydrogen-bond acceptors (Lipinski definition) is 7. The van der Waals surface area contributed by atoms with Gasteiger partial charge in [0.2, 0.25) is 5.95 Å². The fourth-order valence-electron chi connectivity index (χ4n) is 2.60. The lowest BCUT2D eigenvalue weighted by Crippen LogP contribution is -2.04. The van der Waals surface area contributed by atoms with Crippen molar-refractivity contribution in [1.82, 2.24) is 9.97 Å². The number of anilines is 4. The lowest BCUT2D eigenvalue weighted by atomic mass is 10.1. The van der Waals surface area contributed by atoms with Crippen molar-refractivity contribution in [2.45, 2.75) is 13.8 Å². The van der Waals surface area contributed by atoms with E-state index in [1.54, 1.807) is 48.5 Å². The van der Waals surface area contributed by atoms with Crippen molar-refractivity contribution >= 4 is 34.9 Å². The van der Waals surface area contributed by atoms with Gasteiger partial charge in [-0.25, -0.2) is 9.78 Å². The van der Waals surface area contributed by atoms with Crippen LogP contribution in [0.25, 0.3) is 0 Å². The molecule has 28 heavy (non-hydrogen) atoms. The molecule has 0 aliphatic rings. The van der Waals surface area contributed by atoms with Gasteiger partial charge >= 0.3 is 5.97 Å². The quantitative estimate of drug-likeness (QED) is 0.490. The van der Waals surface area contributed by atoms with Gasteiger partial charge in [-0.15, -0.1) is 0 Å². The number of rotatable bonds is 6. The minimum Gasteiger partial charge on any atom is -0.465 e. The summed E-state index contributed by atoms with van der Waals surface area (Å²) in [5, 5.41) is 6.30. The van der Waals surface area contributed by atoms with Crippen LogP contribution < -0.4 is 10.6 Å². The van der Waals surface area contributed by atoms with Crippen molar-refractivity contribution in [1.29, 1.82) is 0 Å². The van der Waals surface area contributed by atoms with Gasteiger partial charge in [-0.2, -0.15) is 4.98 Å². The summed E-state index contributed by atoms with van der Waals surface area (Å²) in [6.07, 6.45) is 0. The number of aromatic nitrogens is 2. The molecular weight excluding hydrogens is 356 g/mol. The van der Waals surface area contributed by atoms with E-state index in [0.29, 0.717) is 28.6 Å². The van der Waals surface area contributed by atoms with Gasteiger partial charge in [0.15, 0.2) is 5.78 Å². The highest BCUT2D eigenvalue weighted by Gasteiger charge is 2.08. The minimum absolute atomic E-state index is 0.0130. The molecule has 0 spiro atoms. The van der Waals surface area contributed by atoms with E-state index in [4.69, 9.17) is 4.74 Å². The number of ether oxygens (including phenoxy) is 1. The first-order valence-electron chi connectivity index (χ1n) is 8.64. The van der Waals surface area contributed by atoms with Gasteiger partial charge in [-0.05, 0) is 56.3 Å². The van der Waals surface area contributed by atoms with E-state index in [1.807, 2.05) is 13.0 Å². The van der Waals surface area contributed by atoms with E-state index < -0.39 is 5.97 Å². The Morgan fingerprint density at radius 2 is 1.64 bits per heavy atom. The monoisotopic (exact) mass is 376 g/mol. The number of esters is 1. The summed E-state index contributed by atoms with van der Waals surface area (Å²) >= 11 is 0. The molecule has 0 aliphatic carbocycles.